The molecule has 0 aliphatic rings. The summed E-state index contributed by atoms with van der Waals surface area (Å²) in [5.74, 6) is -0.0614. The summed E-state index contributed by atoms with van der Waals surface area (Å²) >= 11 is 0. The maximum Gasteiger partial charge on any atom is 0.335 e. The molecule has 0 aliphatic heterocycles. The first-order valence-corrected chi connectivity index (χ1v) is 6.61. The van der Waals surface area contributed by atoms with E-state index in [1.54, 1.807) is 12.1 Å². The van der Waals surface area contributed by atoms with Crippen molar-refractivity contribution in [1.82, 2.24) is 0 Å². The second kappa shape index (κ2) is 5.78. The third-order valence-corrected chi connectivity index (χ3v) is 3.36. The van der Waals surface area contributed by atoms with Gasteiger partial charge < -0.3 is 9.84 Å². The maximum atomic E-state index is 11.2. The molecule has 0 aromatic heterocycles. The normalized spacial score (nSPS) is 10.3. The van der Waals surface area contributed by atoms with Crippen LogP contribution in [-0.2, 0) is 0 Å². The Kier molecular flexibility index (Phi) is 4.08. The van der Waals surface area contributed by atoms with Crippen molar-refractivity contribution in [3.05, 3.63) is 53.1 Å². The van der Waals surface area contributed by atoms with E-state index in [2.05, 4.69) is 0 Å². The second-order valence-electron chi connectivity index (χ2n) is 4.69. The predicted octanol–water partition coefficient (Wildman–Crippen LogP) is 4.07. The molecule has 0 heterocycles. The second-order valence-corrected chi connectivity index (χ2v) is 4.69. The van der Waals surface area contributed by atoms with Gasteiger partial charge in [0.2, 0.25) is 0 Å². The van der Waals surface area contributed by atoms with Crippen LogP contribution in [0.15, 0.2) is 36.4 Å². The van der Waals surface area contributed by atoms with E-state index in [1.807, 2.05) is 45.0 Å². The molecular weight excluding hydrogens is 252 g/mol. The molecule has 0 unspecified atom stereocenters. The van der Waals surface area contributed by atoms with Crippen LogP contribution in [0.4, 0.5) is 0 Å². The van der Waals surface area contributed by atoms with Crippen LogP contribution in [0.5, 0.6) is 5.75 Å². The van der Waals surface area contributed by atoms with Crippen LogP contribution < -0.4 is 4.74 Å². The molecule has 2 rings (SSSR count). The van der Waals surface area contributed by atoms with Gasteiger partial charge in [0.1, 0.15) is 5.75 Å². The smallest absolute Gasteiger partial charge is 0.335 e. The summed E-state index contributed by atoms with van der Waals surface area (Å²) in [7, 11) is 0. The first kappa shape index (κ1) is 14.1. The van der Waals surface area contributed by atoms with Gasteiger partial charge in [0, 0.05) is 0 Å². The van der Waals surface area contributed by atoms with Crippen molar-refractivity contribution in [2.24, 2.45) is 0 Å². The third-order valence-electron chi connectivity index (χ3n) is 3.36. The fourth-order valence-electron chi connectivity index (χ4n) is 2.35. The SMILES string of the molecule is CCOc1ccc(-c2cccc(C(=O)O)c2C)c(C)c1. The molecular formula is C17H18O3. The zero-order valence-electron chi connectivity index (χ0n) is 11.9. The van der Waals surface area contributed by atoms with E-state index >= 15 is 0 Å². The number of aromatic carboxylic acids is 1. The number of aryl methyl sites for hydroxylation is 1. The third kappa shape index (κ3) is 2.67. The summed E-state index contributed by atoms with van der Waals surface area (Å²) in [6.07, 6.45) is 0. The van der Waals surface area contributed by atoms with E-state index in [1.165, 1.54) is 0 Å². The van der Waals surface area contributed by atoms with Crippen LogP contribution in [0, 0.1) is 13.8 Å². The average molecular weight is 270 g/mol. The van der Waals surface area contributed by atoms with Gasteiger partial charge in [-0.15, -0.1) is 0 Å². The molecule has 104 valence electrons. The van der Waals surface area contributed by atoms with E-state index < -0.39 is 5.97 Å². The van der Waals surface area contributed by atoms with Crippen molar-refractivity contribution < 1.29 is 14.6 Å². The molecule has 2 aromatic carbocycles. The first-order valence-electron chi connectivity index (χ1n) is 6.61. The lowest BCUT2D eigenvalue weighted by Gasteiger charge is -2.13. The van der Waals surface area contributed by atoms with E-state index in [9.17, 15) is 9.90 Å². The zero-order chi connectivity index (χ0) is 14.7. The topological polar surface area (TPSA) is 46.5 Å². The zero-order valence-corrected chi connectivity index (χ0v) is 11.9. The summed E-state index contributed by atoms with van der Waals surface area (Å²) in [5.41, 5.74) is 4.18. The number of carboxylic acid groups (broad SMARTS) is 1. The average Bonchev–Trinajstić information content (AvgIpc) is 2.40. The van der Waals surface area contributed by atoms with Gasteiger partial charge in [-0.3, -0.25) is 0 Å². The molecule has 0 bridgehead atoms. The van der Waals surface area contributed by atoms with Crippen LogP contribution in [0.1, 0.15) is 28.4 Å². The number of carboxylic acids is 1. The summed E-state index contributed by atoms with van der Waals surface area (Å²) in [6.45, 7) is 6.43. The molecule has 1 N–H and O–H groups in total. The Morgan fingerprint density at radius 2 is 1.90 bits per heavy atom. The maximum absolute atomic E-state index is 11.2. The number of carbonyl (C=O) groups is 1. The van der Waals surface area contributed by atoms with Gasteiger partial charge >= 0.3 is 5.97 Å². The van der Waals surface area contributed by atoms with Gasteiger partial charge in [-0.2, -0.15) is 0 Å². The van der Waals surface area contributed by atoms with Gasteiger partial charge in [0.15, 0.2) is 0 Å². The van der Waals surface area contributed by atoms with Gasteiger partial charge in [0.25, 0.3) is 0 Å². The fraction of sp³-hybridized carbons (Fsp3) is 0.235. The Bertz CT molecular complexity index is 645. The van der Waals surface area contributed by atoms with Crippen molar-refractivity contribution >= 4 is 5.97 Å². The lowest BCUT2D eigenvalue weighted by Crippen LogP contribution is -2.01. The Balaban J connectivity index is 2.52. The summed E-state index contributed by atoms with van der Waals surface area (Å²) in [4.78, 5) is 11.2. The van der Waals surface area contributed by atoms with Gasteiger partial charge in [-0.1, -0.05) is 18.2 Å². The van der Waals surface area contributed by atoms with Gasteiger partial charge in [-0.25, -0.2) is 4.79 Å². The molecule has 0 saturated carbocycles. The van der Waals surface area contributed by atoms with Crippen LogP contribution in [0.25, 0.3) is 11.1 Å². The Morgan fingerprint density at radius 3 is 2.50 bits per heavy atom. The molecule has 3 heteroatoms. The molecule has 0 spiro atoms. The predicted molar refractivity (Wildman–Crippen MR) is 79.5 cm³/mol. The lowest BCUT2D eigenvalue weighted by atomic mass is 9.93. The van der Waals surface area contributed by atoms with Crippen molar-refractivity contribution in [2.75, 3.05) is 6.61 Å². The van der Waals surface area contributed by atoms with Crippen LogP contribution in [0.2, 0.25) is 0 Å². The number of benzene rings is 2. The summed E-state index contributed by atoms with van der Waals surface area (Å²) < 4.78 is 5.48. The van der Waals surface area contributed by atoms with Crippen LogP contribution in [0.3, 0.4) is 0 Å². The molecule has 0 saturated heterocycles. The van der Waals surface area contributed by atoms with Crippen molar-refractivity contribution in [3.8, 4) is 16.9 Å². The molecule has 3 nitrogen and oxygen atoms in total. The highest BCUT2D eigenvalue weighted by molar-refractivity contribution is 5.92. The number of ether oxygens (including phenoxy) is 1. The van der Waals surface area contributed by atoms with Gasteiger partial charge in [-0.05, 0) is 61.2 Å². The Hall–Kier alpha value is -2.29. The number of hydrogen-bond acceptors (Lipinski definition) is 2. The lowest BCUT2D eigenvalue weighted by molar-refractivity contribution is 0.0696. The molecule has 0 atom stereocenters. The largest absolute Gasteiger partial charge is 0.494 e. The molecule has 0 fully saturated rings. The minimum absolute atomic E-state index is 0.343. The molecule has 2 aromatic rings. The molecule has 20 heavy (non-hydrogen) atoms. The standard InChI is InChI=1S/C17H18O3/c1-4-20-13-8-9-14(11(2)10-13)15-6-5-7-16(12(15)3)17(18)19/h5-10H,4H2,1-3H3,(H,18,19). The fourth-order valence-corrected chi connectivity index (χ4v) is 2.35. The van der Waals surface area contributed by atoms with E-state index in [-0.39, 0.29) is 0 Å². The van der Waals surface area contributed by atoms with Crippen molar-refractivity contribution in [1.29, 1.82) is 0 Å². The molecule has 0 amide bonds. The minimum atomic E-state index is -0.895. The van der Waals surface area contributed by atoms with E-state index in [0.717, 1.165) is 28.0 Å². The first-order chi connectivity index (χ1) is 9.54. The Morgan fingerprint density at radius 1 is 1.15 bits per heavy atom. The summed E-state index contributed by atoms with van der Waals surface area (Å²) in [5, 5.41) is 9.20. The monoisotopic (exact) mass is 270 g/mol. The van der Waals surface area contributed by atoms with Crippen LogP contribution >= 0.6 is 0 Å². The highest BCUT2D eigenvalue weighted by atomic mass is 16.5. The molecule has 0 aliphatic carbocycles. The highest BCUT2D eigenvalue weighted by Gasteiger charge is 2.12. The highest BCUT2D eigenvalue weighted by Crippen LogP contribution is 2.30. The molecule has 0 radical (unpaired) electrons. The quantitative estimate of drug-likeness (QED) is 0.911. The Labute approximate surface area is 118 Å². The van der Waals surface area contributed by atoms with Gasteiger partial charge in [0.05, 0.1) is 12.2 Å². The van der Waals surface area contributed by atoms with Crippen molar-refractivity contribution in [3.63, 3.8) is 0 Å². The minimum Gasteiger partial charge on any atom is -0.494 e. The number of rotatable bonds is 4. The van der Waals surface area contributed by atoms with E-state index in [0.29, 0.717) is 12.2 Å². The van der Waals surface area contributed by atoms with Crippen molar-refractivity contribution in [2.45, 2.75) is 20.8 Å². The summed E-state index contributed by atoms with van der Waals surface area (Å²) in [6, 6.07) is 11.2. The number of hydrogen-bond donors (Lipinski definition) is 1. The van der Waals surface area contributed by atoms with E-state index in [4.69, 9.17) is 4.74 Å². The van der Waals surface area contributed by atoms with Crippen LogP contribution in [-0.4, -0.2) is 17.7 Å².